The van der Waals surface area contributed by atoms with E-state index in [1.807, 2.05) is 0 Å². The molecule has 170 valence electrons. The highest BCUT2D eigenvalue weighted by Gasteiger charge is 2.32. The highest BCUT2D eigenvalue weighted by Crippen LogP contribution is 2.32. The maximum absolute atomic E-state index is 13.7. The molecule has 1 aliphatic rings. The number of hydrogen-bond donors (Lipinski definition) is 3. The smallest absolute Gasteiger partial charge is 0.383 e. The Kier molecular flexibility index (Phi) is 8.50. The SMILES string of the molecule is C=C/C(F)=C\C(F)=C(/N)NC[C@H]1CC[C@H](NC(=O)c2cc(C(F)(F)F)ccc2Cl)CC1. The molecule has 1 fully saturated rings. The highest BCUT2D eigenvalue weighted by atomic mass is 35.5. The molecule has 10 heteroatoms. The highest BCUT2D eigenvalue weighted by molar-refractivity contribution is 6.33. The van der Waals surface area contributed by atoms with Gasteiger partial charge in [-0.05, 0) is 55.9 Å². The molecule has 1 saturated carbocycles. The van der Waals surface area contributed by atoms with Gasteiger partial charge in [-0.2, -0.15) is 13.2 Å². The molecule has 0 atom stereocenters. The first kappa shape index (κ1) is 24.7. The molecule has 4 nitrogen and oxygen atoms in total. The molecule has 1 aromatic rings. The predicted octanol–water partition coefficient (Wildman–Crippen LogP) is 5.37. The summed E-state index contributed by atoms with van der Waals surface area (Å²) >= 11 is 5.90. The van der Waals surface area contributed by atoms with Crippen molar-refractivity contribution < 1.29 is 26.7 Å². The topological polar surface area (TPSA) is 67.2 Å². The van der Waals surface area contributed by atoms with E-state index < -0.39 is 29.3 Å². The summed E-state index contributed by atoms with van der Waals surface area (Å²) in [5, 5.41) is 5.38. The van der Waals surface area contributed by atoms with Gasteiger partial charge in [0.15, 0.2) is 5.83 Å². The number of allylic oxidation sites excluding steroid dienone is 4. The third-order valence-electron chi connectivity index (χ3n) is 5.02. The number of amides is 1. The largest absolute Gasteiger partial charge is 0.416 e. The molecular formula is C21H23ClF5N3O. The molecule has 0 spiro atoms. The monoisotopic (exact) mass is 463 g/mol. The average molecular weight is 464 g/mol. The number of rotatable bonds is 7. The van der Waals surface area contributed by atoms with E-state index in [-0.39, 0.29) is 28.4 Å². The maximum Gasteiger partial charge on any atom is 0.416 e. The zero-order chi connectivity index (χ0) is 23.2. The van der Waals surface area contributed by atoms with E-state index in [0.717, 1.165) is 24.3 Å². The van der Waals surface area contributed by atoms with Crippen LogP contribution < -0.4 is 16.4 Å². The van der Waals surface area contributed by atoms with Crippen molar-refractivity contribution in [2.24, 2.45) is 11.7 Å². The number of hydrogen-bond acceptors (Lipinski definition) is 3. The maximum atomic E-state index is 13.7. The fourth-order valence-electron chi connectivity index (χ4n) is 3.25. The van der Waals surface area contributed by atoms with E-state index in [1.54, 1.807) is 0 Å². The van der Waals surface area contributed by atoms with Crippen molar-refractivity contribution >= 4 is 17.5 Å². The quantitative estimate of drug-likeness (QED) is 0.376. The summed E-state index contributed by atoms with van der Waals surface area (Å²) in [5.74, 6) is -2.59. The summed E-state index contributed by atoms with van der Waals surface area (Å²) in [4.78, 5) is 12.4. The van der Waals surface area contributed by atoms with Gasteiger partial charge in [0.1, 0.15) is 11.6 Å². The van der Waals surface area contributed by atoms with Gasteiger partial charge in [-0.1, -0.05) is 18.2 Å². The third kappa shape index (κ3) is 7.27. The molecule has 0 unspecified atom stereocenters. The van der Waals surface area contributed by atoms with Crippen LogP contribution in [-0.4, -0.2) is 18.5 Å². The first-order chi connectivity index (χ1) is 14.5. The Hall–Kier alpha value is -2.55. The summed E-state index contributed by atoms with van der Waals surface area (Å²) in [6, 6.07) is 2.39. The Morgan fingerprint density at radius 3 is 2.45 bits per heavy atom. The van der Waals surface area contributed by atoms with E-state index in [1.165, 1.54) is 0 Å². The van der Waals surface area contributed by atoms with Crippen molar-refractivity contribution in [2.75, 3.05) is 6.54 Å². The predicted molar refractivity (Wildman–Crippen MR) is 109 cm³/mol. The van der Waals surface area contributed by atoms with Crippen LogP contribution in [0, 0.1) is 5.92 Å². The van der Waals surface area contributed by atoms with Crippen LogP contribution in [0.5, 0.6) is 0 Å². The zero-order valence-electron chi connectivity index (χ0n) is 16.5. The lowest BCUT2D eigenvalue weighted by molar-refractivity contribution is -0.137. The van der Waals surface area contributed by atoms with Crippen LogP contribution in [0.3, 0.4) is 0 Å². The van der Waals surface area contributed by atoms with Gasteiger partial charge in [-0.25, -0.2) is 8.78 Å². The normalized spacial score (nSPS) is 20.6. The Morgan fingerprint density at radius 2 is 1.87 bits per heavy atom. The lowest BCUT2D eigenvalue weighted by Crippen LogP contribution is -2.39. The molecule has 0 radical (unpaired) electrons. The molecule has 31 heavy (non-hydrogen) atoms. The van der Waals surface area contributed by atoms with Gasteiger partial charge in [-0.3, -0.25) is 4.79 Å². The number of nitrogens with two attached hydrogens (primary N) is 1. The van der Waals surface area contributed by atoms with Crippen LogP contribution in [0.4, 0.5) is 22.0 Å². The van der Waals surface area contributed by atoms with Crippen molar-refractivity contribution in [1.29, 1.82) is 0 Å². The van der Waals surface area contributed by atoms with Crippen molar-refractivity contribution in [3.63, 3.8) is 0 Å². The number of halogens is 6. The van der Waals surface area contributed by atoms with E-state index in [9.17, 15) is 26.7 Å². The molecule has 0 bridgehead atoms. The second kappa shape index (κ2) is 10.7. The lowest BCUT2D eigenvalue weighted by Gasteiger charge is -2.29. The number of carbonyl (C=O) groups is 1. The molecule has 4 N–H and O–H groups in total. The van der Waals surface area contributed by atoms with Gasteiger partial charge in [0.25, 0.3) is 5.91 Å². The number of nitrogens with one attached hydrogen (secondary N) is 2. The van der Waals surface area contributed by atoms with Crippen LogP contribution in [0.2, 0.25) is 5.02 Å². The zero-order valence-corrected chi connectivity index (χ0v) is 17.3. The summed E-state index contributed by atoms with van der Waals surface area (Å²) in [6.07, 6.45) is -0.555. The van der Waals surface area contributed by atoms with Crippen molar-refractivity contribution in [2.45, 2.75) is 37.9 Å². The van der Waals surface area contributed by atoms with Crippen molar-refractivity contribution in [3.8, 4) is 0 Å². The minimum Gasteiger partial charge on any atom is -0.383 e. The standard InChI is InChI=1S/C21H23ClF5N3O/c1-2-14(23)10-18(24)19(28)29-11-12-3-6-15(7-4-12)30-20(31)16-9-13(21(25,26)27)5-8-17(16)22/h2,5,8-10,12,15,29H,1,3-4,6-7,11,28H2,(H,30,31)/b14-10+,19-18-/t12-,15-. The molecule has 1 aliphatic carbocycles. The number of benzene rings is 1. The molecule has 2 rings (SSSR count). The Balaban J connectivity index is 1.88. The Morgan fingerprint density at radius 1 is 1.23 bits per heavy atom. The third-order valence-corrected chi connectivity index (χ3v) is 5.35. The van der Waals surface area contributed by atoms with Crippen LogP contribution in [0.25, 0.3) is 0 Å². The fourth-order valence-corrected chi connectivity index (χ4v) is 3.45. The Labute approximate surface area is 182 Å². The van der Waals surface area contributed by atoms with Gasteiger partial charge >= 0.3 is 6.18 Å². The van der Waals surface area contributed by atoms with E-state index >= 15 is 0 Å². The van der Waals surface area contributed by atoms with Gasteiger partial charge in [0.2, 0.25) is 0 Å². The van der Waals surface area contributed by atoms with Crippen LogP contribution >= 0.6 is 11.6 Å². The van der Waals surface area contributed by atoms with Gasteiger partial charge in [-0.15, -0.1) is 0 Å². The molecular weight excluding hydrogens is 441 g/mol. The van der Waals surface area contributed by atoms with Crippen molar-refractivity contribution in [3.05, 3.63) is 70.6 Å². The Bertz CT molecular complexity index is 874. The summed E-state index contributed by atoms with van der Waals surface area (Å²) in [6.45, 7) is 3.54. The molecule has 1 amide bonds. The molecule has 0 aliphatic heterocycles. The van der Waals surface area contributed by atoms with E-state index in [2.05, 4.69) is 17.2 Å². The fraction of sp³-hybridized carbons (Fsp3) is 0.381. The summed E-state index contributed by atoms with van der Waals surface area (Å²) < 4.78 is 65.3. The molecule has 0 saturated heterocycles. The van der Waals surface area contributed by atoms with Crippen LogP contribution in [0.1, 0.15) is 41.6 Å². The molecule has 1 aromatic carbocycles. The first-order valence-corrected chi connectivity index (χ1v) is 9.95. The second-order valence-corrected chi connectivity index (χ2v) is 7.67. The first-order valence-electron chi connectivity index (χ1n) is 9.57. The van der Waals surface area contributed by atoms with E-state index in [0.29, 0.717) is 38.3 Å². The van der Waals surface area contributed by atoms with E-state index in [4.69, 9.17) is 17.3 Å². The minimum atomic E-state index is -4.58. The van der Waals surface area contributed by atoms with Gasteiger partial charge in [0, 0.05) is 18.7 Å². The molecule has 0 aromatic heterocycles. The number of alkyl halides is 3. The van der Waals surface area contributed by atoms with Crippen LogP contribution in [-0.2, 0) is 6.18 Å². The summed E-state index contributed by atoms with van der Waals surface area (Å²) in [7, 11) is 0. The average Bonchev–Trinajstić information content (AvgIpc) is 2.72. The number of carbonyl (C=O) groups excluding carboxylic acids is 1. The second-order valence-electron chi connectivity index (χ2n) is 7.26. The lowest BCUT2D eigenvalue weighted by atomic mass is 9.86. The van der Waals surface area contributed by atoms with Crippen molar-refractivity contribution in [1.82, 2.24) is 10.6 Å². The molecule has 0 heterocycles. The van der Waals surface area contributed by atoms with Crippen LogP contribution in [0.15, 0.2) is 54.4 Å². The van der Waals surface area contributed by atoms with Gasteiger partial charge < -0.3 is 16.4 Å². The minimum absolute atomic E-state index is 0.0605. The van der Waals surface area contributed by atoms with Gasteiger partial charge in [0.05, 0.1) is 16.1 Å². The summed E-state index contributed by atoms with van der Waals surface area (Å²) in [5.41, 5.74) is 4.38.